The summed E-state index contributed by atoms with van der Waals surface area (Å²) >= 11 is 0. The van der Waals surface area contributed by atoms with Gasteiger partial charge < -0.3 is 23.7 Å². The molecule has 174 valence electrons. The summed E-state index contributed by atoms with van der Waals surface area (Å²) in [5, 5.41) is 0. The molecule has 0 spiro atoms. The minimum Gasteiger partial charge on any atom is -0.460 e. The molecule has 0 radical (unpaired) electrons. The van der Waals surface area contributed by atoms with Crippen LogP contribution in [0.5, 0.6) is 0 Å². The van der Waals surface area contributed by atoms with Crippen molar-refractivity contribution in [1.29, 1.82) is 0 Å². The molecule has 0 unspecified atom stereocenters. The van der Waals surface area contributed by atoms with Gasteiger partial charge in [-0.15, -0.1) is 0 Å². The Labute approximate surface area is 183 Å². The Hall–Kier alpha value is -3.20. The summed E-state index contributed by atoms with van der Waals surface area (Å²) in [4.78, 5) is 43.6. The lowest BCUT2D eigenvalue weighted by Crippen LogP contribution is -2.14. The Kier molecular flexibility index (Phi) is 17.1. The highest BCUT2D eigenvalue weighted by Gasteiger charge is 2.05. The molecule has 0 N–H and O–H groups in total. The third-order valence-corrected chi connectivity index (χ3v) is 2.87. The summed E-state index contributed by atoms with van der Waals surface area (Å²) in [7, 11) is 0. The molecule has 0 aliphatic heterocycles. The van der Waals surface area contributed by atoms with E-state index < -0.39 is 23.9 Å². The monoisotopic (exact) mass is 440 g/mol. The van der Waals surface area contributed by atoms with E-state index in [4.69, 9.17) is 14.2 Å². The van der Waals surface area contributed by atoms with E-state index >= 15 is 0 Å². The zero-order valence-electron chi connectivity index (χ0n) is 18.7. The summed E-state index contributed by atoms with van der Waals surface area (Å²) in [6.07, 6.45) is 0. The lowest BCUT2D eigenvalue weighted by atomic mass is 10.4. The minimum absolute atomic E-state index is 0.0325. The quantitative estimate of drug-likeness (QED) is 0.184. The van der Waals surface area contributed by atoms with E-state index in [9.17, 15) is 19.2 Å². The Bertz CT molecular complexity index is 631. The van der Waals surface area contributed by atoms with Crippen LogP contribution in [0.4, 0.5) is 0 Å². The van der Waals surface area contributed by atoms with Gasteiger partial charge in [0.15, 0.2) is 0 Å². The predicted octanol–water partition coefficient (Wildman–Crippen LogP) is 2.47. The number of hydrogen-bond acceptors (Lipinski definition) is 9. The van der Waals surface area contributed by atoms with Crippen LogP contribution in [0.2, 0.25) is 0 Å². The minimum atomic E-state index is -0.489. The van der Waals surface area contributed by atoms with E-state index in [0.717, 1.165) is 0 Å². The van der Waals surface area contributed by atoms with Crippen molar-refractivity contribution in [1.82, 2.24) is 0 Å². The molecule has 0 saturated carbocycles. The van der Waals surface area contributed by atoms with Crippen LogP contribution in [0.15, 0.2) is 48.6 Å². The Balaban J connectivity index is 0. The lowest BCUT2D eigenvalue weighted by molar-refractivity contribution is -0.147. The topological polar surface area (TPSA) is 114 Å². The number of rotatable bonds is 13. The molecule has 0 heterocycles. The largest absolute Gasteiger partial charge is 0.460 e. The molecular weight excluding hydrogens is 408 g/mol. The van der Waals surface area contributed by atoms with Gasteiger partial charge >= 0.3 is 23.9 Å². The molecule has 0 bridgehead atoms. The lowest BCUT2D eigenvalue weighted by Gasteiger charge is -2.06. The smallest absolute Gasteiger partial charge is 0.333 e. The molecule has 9 heteroatoms. The fraction of sp³-hybridized carbons (Fsp3) is 0.455. The molecule has 0 fully saturated rings. The van der Waals surface area contributed by atoms with Crippen molar-refractivity contribution in [3.8, 4) is 0 Å². The van der Waals surface area contributed by atoms with Crippen molar-refractivity contribution >= 4 is 23.9 Å². The Morgan fingerprint density at radius 1 is 0.452 bits per heavy atom. The molecule has 0 aromatic heterocycles. The molecule has 0 saturated heterocycles. The van der Waals surface area contributed by atoms with Crippen LogP contribution >= 0.6 is 0 Å². The van der Waals surface area contributed by atoms with Crippen molar-refractivity contribution in [2.75, 3.05) is 39.6 Å². The van der Waals surface area contributed by atoms with Crippen molar-refractivity contribution in [3.63, 3.8) is 0 Å². The zero-order valence-corrected chi connectivity index (χ0v) is 18.7. The highest BCUT2D eigenvalue weighted by molar-refractivity contribution is 5.88. The fourth-order valence-electron chi connectivity index (χ4n) is 1.25. The number of esters is 4. The Morgan fingerprint density at radius 3 is 0.839 bits per heavy atom. The Morgan fingerprint density at radius 2 is 0.645 bits per heavy atom. The third-order valence-electron chi connectivity index (χ3n) is 2.87. The van der Waals surface area contributed by atoms with Crippen LogP contribution in [0.3, 0.4) is 0 Å². The molecule has 31 heavy (non-hydrogen) atoms. The van der Waals surface area contributed by atoms with Gasteiger partial charge in [0.25, 0.3) is 0 Å². The van der Waals surface area contributed by atoms with Gasteiger partial charge in [-0.3, -0.25) is 0 Å². The molecule has 0 aliphatic rings. The molecule has 0 aliphatic carbocycles. The average molecular weight is 440 g/mol. The zero-order chi connectivity index (χ0) is 24.4. The first-order valence-corrected chi connectivity index (χ1v) is 9.28. The van der Waals surface area contributed by atoms with Gasteiger partial charge in [0, 0.05) is 22.3 Å². The van der Waals surface area contributed by atoms with E-state index in [0.29, 0.717) is 22.3 Å². The number of carbonyl (C=O) groups is 4. The highest BCUT2D eigenvalue weighted by atomic mass is 16.6. The van der Waals surface area contributed by atoms with Crippen LogP contribution in [0, 0.1) is 0 Å². The van der Waals surface area contributed by atoms with Gasteiger partial charge in [-0.1, -0.05) is 26.3 Å². The first kappa shape index (κ1) is 30.0. The van der Waals surface area contributed by atoms with Crippen LogP contribution in [0.25, 0.3) is 0 Å². The molecular formula is C22H32O9. The predicted molar refractivity (Wildman–Crippen MR) is 114 cm³/mol. The first-order chi connectivity index (χ1) is 14.4. The van der Waals surface area contributed by atoms with E-state index in [2.05, 4.69) is 35.8 Å². The first-order valence-electron chi connectivity index (χ1n) is 9.28. The van der Waals surface area contributed by atoms with Gasteiger partial charge in [0.05, 0.1) is 13.2 Å². The number of hydrogen-bond donors (Lipinski definition) is 0. The van der Waals surface area contributed by atoms with Crippen molar-refractivity contribution < 1.29 is 42.9 Å². The average Bonchev–Trinajstić information content (AvgIpc) is 2.69. The highest BCUT2D eigenvalue weighted by Crippen LogP contribution is 1.95. The van der Waals surface area contributed by atoms with Gasteiger partial charge in [-0.2, -0.15) is 0 Å². The van der Waals surface area contributed by atoms with Crippen LogP contribution in [-0.2, 0) is 42.9 Å². The normalized spacial score (nSPS) is 9.29. The standard InChI is InChI=1S/C12H18O5.C10H14O4/c1-9(2)11(13)16-7-5-15-6-8-17-12(14)10(3)4;1-7(2)9(11)13-5-6-14-10(12)8(3)4/h1,3,5-8H2,2,4H3;1,3,5-6H2,2,4H3. The van der Waals surface area contributed by atoms with E-state index in [1.54, 1.807) is 27.7 Å². The van der Waals surface area contributed by atoms with Crippen LogP contribution in [0.1, 0.15) is 27.7 Å². The second-order valence-corrected chi connectivity index (χ2v) is 6.28. The van der Waals surface area contributed by atoms with Gasteiger partial charge in [-0.05, 0) is 27.7 Å². The maximum atomic E-state index is 10.9. The van der Waals surface area contributed by atoms with E-state index in [1.165, 1.54) is 0 Å². The van der Waals surface area contributed by atoms with Gasteiger partial charge in [0.1, 0.15) is 26.4 Å². The molecule has 0 atom stereocenters. The summed E-state index contributed by atoms with van der Waals surface area (Å²) in [6.45, 7) is 20.8. The molecule has 9 nitrogen and oxygen atoms in total. The summed E-state index contributed by atoms with van der Waals surface area (Å²) < 4.78 is 24.0. The maximum absolute atomic E-state index is 10.9. The third kappa shape index (κ3) is 18.6. The summed E-state index contributed by atoms with van der Waals surface area (Å²) in [5.74, 6) is -1.86. The van der Waals surface area contributed by atoms with Crippen molar-refractivity contribution in [2.45, 2.75) is 27.7 Å². The maximum Gasteiger partial charge on any atom is 0.333 e. The fourth-order valence-corrected chi connectivity index (χ4v) is 1.25. The number of ether oxygens (including phenoxy) is 5. The van der Waals surface area contributed by atoms with Crippen molar-refractivity contribution in [3.05, 3.63) is 48.6 Å². The van der Waals surface area contributed by atoms with E-state index in [-0.39, 0.29) is 39.6 Å². The molecule has 0 aromatic rings. The number of carbonyl (C=O) groups excluding carboxylic acids is 4. The van der Waals surface area contributed by atoms with E-state index in [1.807, 2.05) is 0 Å². The molecule has 0 rings (SSSR count). The van der Waals surface area contributed by atoms with Crippen LogP contribution < -0.4 is 0 Å². The van der Waals surface area contributed by atoms with Crippen molar-refractivity contribution in [2.24, 2.45) is 0 Å². The van der Waals surface area contributed by atoms with Crippen LogP contribution in [-0.4, -0.2) is 63.5 Å². The second-order valence-electron chi connectivity index (χ2n) is 6.28. The summed E-state index contributed by atoms with van der Waals surface area (Å²) in [5.41, 5.74) is 1.33. The van der Waals surface area contributed by atoms with Gasteiger partial charge in [-0.25, -0.2) is 19.2 Å². The second kappa shape index (κ2) is 17.6. The molecule has 0 amide bonds. The summed E-state index contributed by atoms with van der Waals surface area (Å²) in [6, 6.07) is 0. The molecule has 0 aromatic carbocycles. The van der Waals surface area contributed by atoms with Gasteiger partial charge in [0.2, 0.25) is 0 Å². The SMILES string of the molecule is C=C(C)C(=O)OCCOC(=O)C(=C)C.C=C(C)C(=O)OCCOCCOC(=O)C(=C)C.